The second-order valence-electron chi connectivity index (χ2n) is 3.59. The molecule has 90 valence electrons. The van der Waals surface area contributed by atoms with Crippen molar-refractivity contribution in [2.75, 3.05) is 18.6 Å². The van der Waals surface area contributed by atoms with Gasteiger partial charge >= 0.3 is 0 Å². The Kier molecular flexibility index (Phi) is 5.02. The van der Waals surface area contributed by atoms with Gasteiger partial charge in [-0.15, -0.1) is 0 Å². The van der Waals surface area contributed by atoms with Crippen LogP contribution >= 0.6 is 0 Å². The molecule has 16 heavy (non-hydrogen) atoms. The quantitative estimate of drug-likeness (QED) is 0.862. The Morgan fingerprint density at radius 1 is 1.38 bits per heavy atom. The Hall–Kier alpha value is -0.810. The van der Waals surface area contributed by atoms with E-state index in [9.17, 15) is 13.0 Å². The third-order valence-corrected chi connectivity index (χ3v) is 3.05. The van der Waals surface area contributed by atoms with E-state index in [0.717, 1.165) is 0 Å². The summed E-state index contributed by atoms with van der Waals surface area (Å²) in [5.41, 5.74) is 0.0318. The third-order valence-electron chi connectivity index (χ3n) is 2.27. The van der Waals surface area contributed by atoms with E-state index in [2.05, 4.69) is 5.32 Å². The first-order valence-electron chi connectivity index (χ1n) is 4.99. The number of benzene rings is 1. The van der Waals surface area contributed by atoms with Crippen LogP contribution in [0.1, 0.15) is 18.5 Å². The Morgan fingerprint density at radius 3 is 2.44 bits per heavy atom. The molecular weight excluding hydrogens is 232 g/mol. The normalized spacial score (nSPS) is 14.8. The Morgan fingerprint density at radius 2 is 1.94 bits per heavy atom. The van der Waals surface area contributed by atoms with Gasteiger partial charge in [-0.3, -0.25) is 4.21 Å². The van der Waals surface area contributed by atoms with Crippen molar-refractivity contribution in [3.8, 4) is 0 Å². The Labute approximate surface area is 96.5 Å². The minimum atomic E-state index is -0.899. The molecule has 0 aliphatic carbocycles. The molecule has 2 atom stereocenters. The van der Waals surface area contributed by atoms with Gasteiger partial charge in [0.05, 0.1) is 0 Å². The fraction of sp³-hybridized carbons (Fsp3) is 0.455. The maximum absolute atomic E-state index is 13.3. The van der Waals surface area contributed by atoms with Crippen LogP contribution in [0.2, 0.25) is 0 Å². The second kappa shape index (κ2) is 6.06. The molecule has 0 heterocycles. The van der Waals surface area contributed by atoms with Crippen molar-refractivity contribution < 1.29 is 13.0 Å². The molecule has 0 radical (unpaired) electrons. The summed E-state index contributed by atoms with van der Waals surface area (Å²) >= 11 is 0. The highest BCUT2D eigenvalue weighted by Crippen LogP contribution is 2.19. The van der Waals surface area contributed by atoms with Gasteiger partial charge in [-0.2, -0.15) is 0 Å². The molecule has 5 heteroatoms. The van der Waals surface area contributed by atoms with Crippen LogP contribution in [0.4, 0.5) is 8.78 Å². The van der Waals surface area contributed by atoms with E-state index >= 15 is 0 Å². The zero-order valence-corrected chi connectivity index (χ0v) is 10.1. The number of hydrogen-bond acceptors (Lipinski definition) is 2. The predicted octanol–water partition coefficient (Wildman–Crippen LogP) is 1.99. The van der Waals surface area contributed by atoms with Crippen molar-refractivity contribution in [1.82, 2.24) is 5.32 Å². The molecular formula is C11H15F2NOS. The van der Waals surface area contributed by atoms with Crippen molar-refractivity contribution in [2.45, 2.75) is 13.0 Å². The first-order chi connectivity index (χ1) is 7.52. The first-order valence-corrected chi connectivity index (χ1v) is 6.72. The lowest BCUT2D eigenvalue weighted by Crippen LogP contribution is -2.25. The lowest BCUT2D eigenvalue weighted by molar-refractivity contribution is 0.496. The number of hydrogen-bond donors (Lipinski definition) is 1. The van der Waals surface area contributed by atoms with Crippen molar-refractivity contribution in [3.63, 3.8) is 0 Å². The van der Waals surface area contributed by atoms with E-state index in [-0.39, 0.29) is 5.56 Å². The van der Waals surface area contributed by atoms with E-state index in [4.69, 9.17) is 0 Å². The van der Waals surface area contributed by atoms with Gasteiger partial charge in [0.1, 0.15) is 11.6 Å². The van der Waals surface area contributed by atoms with Crippen LogP contribution in [0, 0.1) is 11.6 Å². The number of rotatable bonds is 5. The molecule has 2 nitrogen and oxygen atoms in total. The molecule has 1 aromatic carbocycles. The largest absolute Gasteiger partial charge is 0.309 e. The van der Waals surface area contributed by atoms with E-state index in [0.29, 0.717) is 12.3 Å². The molecule has 0 aromatic heterocycles. The van der Waals surface area contributed by atoms with Gasteiger partial charge < -0.3 is 5.32 Å². The minimum Gasteiger partial charge on any atom is -0.309 e. The van der Waals surface area contributed by atoms with Crippen LogP contribution in [-0.4, -0.2) is 22.8 Å². The zero-order valence-electron chi connectivity index (χ0n) is 9.30. The second-order valence-corrected chi connectivity index (χ2v) is 5.14. The summed E-state index contributed by atoms with van der Waals surface area (Å²) in [5.74, 6) is -0.643. The standard InChI is InChI=1S/C11H15F2NOS/c1-8(14-6-7-16(2)15)11-9(12)4-3-5-10(11)13/h3-5,8,14H,6-7H2,1-2H3. The third kappa shape index (κ3) is 3.64. The average molecular weight is 247 g/mol. The smallest absolute Gasteiger partial charge is 0.130 e. The van der Waals surface area contributed by atoms with Gasteiger partial charge in [0.15, 0.2) is 0 Å². The molecule has 0 saturated carbocycles. The molecule has 0 amide bonds. The summed E-state index contributed by atoms with van der Waals surface area (Å²) in [7, 11) is -0.899. The van der Waals surface area contributed by atoms with Crippen molar-refractivity contribution in [2.24, 2.45) is 0 Å². The van der Waals surface area contributed by atoms with Crippen LogP contribution < -0.4 is 5.32 Å². The monoisotopic (exact) mass is 247 g/mol. The molecule has 1 N–H and O–H groups in total. The molecule has 0 aliphatic heterocycles. The molecule has 2 unspecified atom stereocenters. The topological polar surface area (TPSA) is 29.1 Å². The van der Waals surface area contributed by atoms with Gasteiger partial charge in [0.2, 0.25) is 0 Å². The summed E-state index contributed by atoms with van der Waals surface area (Å²) in [4.78, 5) is 0. The minimum absolute atomic E-state index is 0.0318. The van der Waals surface area contributed by atoms with Gasteiger partial charge in [-0.05, 0) is 19.1 Å². The molecule has 0 saturated heterocycles. The lowest BCUT2D eigenvalue weighted by atomic mass is 10.1. The van der Waals surface area contributed by atoms with Gasteiger partial charge in [0.25, 0.3) is 0 Å². The molecule has 0 aliphatic rings. The van der Waals surface area contributed by atoms with Crippen LogP contribution in [0.3, 0.4) is 0 Å². The fourth-order valence-corrected chi connectivity index (χ4v) is 1.85. The van der Waals surface area contributed by atoms with E-state index in [1.54, 1.807) is 13.2 Å². The molecule has 0 spiro atoms. The van der Waals surface area contributed by atoms with Crippen molar-refractivity contribution in [1.29, 1.82) is 0 Å². The van der Waals surface area contributed by atoms with Crippen LogP contribution in [-0.2, 0) is 10.8 Å². The van der Waals surface area contributed by atoms with Crippen LogP contribution in [0.15, 0.2) is 18.2 Å². The van der Waals surface area contributed by atoms with Gasteiger partial charge in [0, 0.05) is 41.0 Å². The highest BCUT2D eigenvalue weighted by atomic mass is 32.2. The first kappa shape index (κ1) is 13.3. The van der Waals surface area contributed by atoms with E-state index < -0.39 is 28.5 Å². The Balaban J connectivity index is 2.65. The lowest BCUT2D eigenvalue weighted by Gasteiger charge is -2.15. The maximum atomic E-state index is 13.3. The summed E-state index contributed by atoms with van der Waals surface area (Å²) in [6.45, 7) is 2.15. The Bertz CT molecular complexity index is 364. The molecule has 1 aromatic rings. The fourth-order valence-electron chi connectivity index (χ4n) is 1.45. The number of halogens is 2. The zero-order chi connectivity index (χ0) is 12.1. The van der Waals surface area contributed by atoms with E-state index in [1.807, 2.05) is 0 Å². The number of nitrogens with one attached hydrogen (secondary N) is 1. The summed E-state index contributed by atoms with van der Waals surface area (Å²) in [6, 6.07) is 3.37. The maximum Gasteiger partial charge on any atom is 0.130 e. The van der Waals surface area contributed by atoms with Gasteiger partial charge in [-0.25, -0.2) is 8.78 Å². The van der Waals surface area contributed by atoms with Crippen molar-refractivity contribution in [3.05, 3.63) is 35.4 Å². The summed E-state index contributed by atoms with van der Waals surface area (Å²) < 4.78 is 37.5. The van der Waals surface area contributed by atoms with Crippen LogP contribution in [0.5, 0.6) is 0 Å². The highest BCUT2D eigenvalue weighted by Gasteiger charge is 2.14. The van der Waals surface area contributed by atoms with Crippen molar-refractivity contribution >= 4 is 10.8 Å². The van der Waals surface area contributed by atoms with Gasteiger partial charge in [-0.1, -0.05) is 6.07 Å². The highest BCUT2D eigenvalue weighted by molar-refractivity contribution is 7.84. The van der Waals surface area contributed by atoms with Crippen LogP contribution in [0.25, 0.3) is 0 Å². The summed E-state index contributed by atoms with van der Waals surface area (Å²) in [5, 5.41) is 2.94. The molecule has 0 bridgehead atoms. The average Bonchev–Trinajstić information content (AvgIpc) is 2.16. The SMILES string of the molecule is CC(NCCS(C)=O)c1c(F)cccc1F. The summed E-state index contributed by atoms with van der Waals surface area (Å²) in [6.07, 6.45) is 1.59. The molecule has 0 fully saturated rings. The predicted molar refractivity (Wildman–Crippen MR) is 61.7 cm³/mol. The van der Waals surface area contributed by atoms with E-state index in [1.165, 1.54) is 18.2 Å². The molecule has 1 rings (SSSR count).